The van der Waals surface area contributed by atoms with Gasteiger partial charge in [0.05, 0.1) is 18.8 Å². The largest absolute Gasteiger partial charge is 0.481 e. The molecule has 6 nitrogen and oxygen atoms in total. The zero-order chi connectivity index (χ0) is 32.9. The summed E-state index contributed by atoms with van der Waals surface area (Å²) in [6.07, 6.45) is 12.6. The maximum Gasteiger partial charge on any atom is 0.300 e. The number of hydrogen-bond acceptors (Lipinski definition) is 5. The molecular weight excluding hydrogens is 538 g/mol. The first-order valence-corrected chi connectivity index (χ1v) is 16.8. The Kier molecular flexibility index (Phi) is 13.1. The number of nitrogens with two attached hydrogens (primary N) is 1. The van der Waals surface area contributed by atoms with Crippen molar-refractivity contribution in [3.05, 3.63) is 34.9 Å². The van der Waals surface area contributed by atoms with Gasteiger partial charge in [-0.1, -0.05) is 73.6 Å². The first-order valence-electron chi connectivity index (χ1n) is 16.8. The maximum absolute atomic E-state index is 11.6. The Hall–Kier alpha value is -1.76. The van der Waals surface area contributed by atoms with Gasteiger partial charge in [-0.25, -0.2) is 0 Å². The molecule has 5 N–H and O–H groups in total. The molecule has 4 aliphatic rings. The molecule has 0 heterocycles. The second kappa shape index (κ2) is 15.0. The van der Waals surface area contributed by atoms with E-state index in [9.17, 15) is 15.0 Å². The third-order valence-corrected chi connectivity index (χ3v) is 11.7. The average Bonchev–Trinajstić information content (AvgIpc) is 3.25. The van der Waals surface area contributed by atoms with Crippen molar-refractivity contribution in [3.63, 3.8) is 0 Å². The van der Waals surface area contributed by atoms with Crippen molar-refractivity contribution < 1.29 is 24.9 Å². The number of ketones is 1. The summed E-state index contributed by atoms with van der Waals surface area (Å²) < 4.78 is 0. The standard InChI is InChI=1S/C29H46O2.C6H13NO.C2H4O2/c1-18(2)19(3)9-8-10-20-11-13-22-21-12-14-24-27(4,5)25(31)15-16-28(24,6)26(21)23(30)17-29(20,22)7;1-3-5(2)6(8)4-7;1-2(3)4/h13,18,20,23-25,30-31H,3,8-12,14-17H2,1-2,4-7H3;5H,3-4,7H2,1-2H3;1H3,(H,3,4)/t20-,23-,24?,25?,28?,29?;;/m0../s1. The zero-order valence-electron chi connectivity index (χ0n) is 28.8. The van der Waals surface area contributed by atoms with E-state index < -0.39 is 5.97 Å². The molecule has 0 aliphatic heterocycles. The maximum atomic E-state index is 11.6. The van der Waals surface area contributed by atoms with E-state index in [0.29, 0.717) is 17.8 Å². The molecule has 0 amide bonds. The van der Waals surface area contributed by atoms with Gasteiger partial charge in [0.2, 0.25) is 0 Å². The molecule has 7 atom stereocenters. The van der Waals surface area contributed by atoms with Crippen LogP contribution in [0.2, 0.25) is 0 Å². The summed E-state index contributed by atoms with van der Waals surface area (Å²) in [4.78, 5) is 19.6. The number of fused-ring (bicyclic) bond motifs is 4. The predicted molar refractivity (Wildman–Crippen MR) is 176 cm³/mol. The second-order valence-corrected chi connectivity index (χ2v) is 15.2. The zero-order valence-corrected chi connectivity index (χ0v) is 28.8. The molecule has 4 aliphatic carbocycles. The summed E-state index contributed by atoms with van der Waals surface area (Å²) in [5.74, 6) is 1.14. The van der Waals surface area contributed by atoms with Crippen molar-refractivity contribution in [1.82, 2.24) is 0 Å². The number of rotatable bonds is 8. The molecule has 1 saturated carbocycles. The molecule has 0 aromatic heterocycles. The van der Waals surface area contributed by atoms with Gasteiger partial charge in [0.25, 0.3) is 5.97 Å². The van der Waals surface area contributed by atoms with Crippen LogP contribution in [0.5, 0.6) is 0 Å². The molecule has 0 aromatic rings. The summed E-state index contributed by atoms with van der Waals surface area (Å²) in [5.41, 5.74) is 10.9. The van der Waals surface area contributed by atoms with Crippen LogP contribution < -0.4 is 5.73 Å². The summed E-state index contributed by atoms with van der Waals surface area (Å²) in [7, 11) is 0. The van der Waals surface area contributed by atoms with Crippen LogP contribution in [0.3, 0.4) is 0 Å². The molecule has 0 radical (unpaired) electrons. The van der Waals surface area contributed by atoms with Crippen LogP contribution in [0, 0.1) is 39.9 Å². The van der Waals surface area contributed by atoms with E-state index in [4.69, 9.17) is 15.6 Å². The highest BCUT2D eigenvalue weighted by Gasteiger charge is 2.59. The van der Waals surface area contributed by atoms with E-state index in [1.54, 1.807) is 5.57 Å². The van der Waals surface area contributed by atoms with Crippen LogP contribution in [0.25, 0.3) is 0 Å². The number of carbonyl (C=O) groups is 2. The fourth-order valence-electron chi connectivity index (χ4n) is 8.63. The Morgan fingerprint density at radius 2 is 1.70 bits per heavy atom. The number of aliphatic hydroxyl groups is 2. The number of carboxylic acid groups (broad SMARTS) is 1. The Balaban J connectivity index is 0.000000456. The summed E-state index contributed by atoms with van der Waals surface area (Å²) >= 11 is 0. The van der Waals surface area contributed by atoms with Crippen LogP contribution in [0.1, 0.15) is 127 Å². The van der Waals surface area contributed by atoms with E-state index in [1.165, 1.54) is 29.6 Å². The van der Waals surface area contributed by atoms with Crippen molar-refractivity contribution >= 4 is 11.8 Å². The van der Waals surface area contributed by atoms with Gasteiger partial charge < -0.3 is 21.1 Å². The second-order valence-electron chi connectivity index (χ2n) is 15.2. The lowest BCUT2D eigenvalue weighted by atomic mass is 9.46. The SMILES string of the molecule is C=C(CCC[C@H]1CC=C2C3=C([C@@H](O)CC21C)C1(C)CCC(O)C(C)(C)C1CC3)C(C)C.CC(=O)O.CCC(C)C(=O)CN. The fraction of sp³-hybridized carbons (Fsp3) is 0.784. The number of carboxylic acids is 1. The lowest BCUT2D eigenvalue weighted by Crippen LogP contribution is -2.55. The minimum Gasteiger partial charge on any atom is -0.481 e. The third kappa shape index (κ3) is 8.10. The molecule has 0 saturated heterocycles. The van der Waals surface area contributed by atoms with Gasteiger partial charge in [-0.05, 0) is 115 Å². The molecule has 0 bridgehead atoms. The predicted octanol–water partition coefficient (Wildman–Crippen LogP) is 7.63. The number of Topliss-reactive ketones (excluding diaryl/α,β-unsaturated/α-hetero) is 1. The molecule has 0 aromatic carbocycles. The highest BCUT2D eigenvalue weighted by molar-refractivity contribution is 5.82. The lowest BCUT2D eigenvalue weighted by Gasteiger charge is -2.60. The Bertz CT molecular complexity index is 1070. The topological polar surface area (TPSA) is 121 Å². The number of hydrogen-bond donors (Lipinski definition) is 4. The van der Waals surface area contributed by atoms with Crippen LogP contribution in [0.15, 0.2) is 34.9 Å². The minimum absolute atomic E-state index is 0.0188. The number of aliphatic hydroxyl groups excluding tert-OH is 2. The molecular formula is C37H63NO5. The van der Waals surface area contributed by atoms with E-state index >= 15 is 0 Å². The van der Waals surface area contributed by atoms with Crippen LogP contribution >= 0.6 is 0 Å². The van der Waals surface area contributed by atoms with E-state index in [2.05, 4.69) is 54.2 Å². The smallest absolute Gasteiger partial charge is 0.300 e. The molecule has 43 heavy (non-hydrogen) atoms. The molecule has 0 spiro atoms. The molecule has 246 valence electrons. The minimum atomic E-state index is -0.833. The molecule has 6 heteroatoms. The molecule has 1 fully saturated rings. The number of aliphatic carboxylic acids is 1. The van der Waals surface area contributed by atoms with Gasteiger partial charge in [-0.2, -0.15) is 0 Å². The quantitative estimate of drug-likeness (QED) is 0.212. The third-order valence-electron chi connectivity index (χ3n) is 11.7. The van der Waals surface area contributed by atoms with Gasteiger partial charge >= 0.3 is 0 Å². The molecule has 5 unspecified atom stereocenters. The van der Waals surface area contributed by atoms with Crippen LogP contribution in [-0.4, -0.2) is 45.8 Å². The molecule has 4 rings (SSSR count). The van der Waals surface area contributed by atoms with Crippen molar-refractivity contribution in [2.24, 2.45) is 45.7 Å². The van der Waals surface area contributed by atoms with Crippen molar-refractivity contribution in [2.45, 2.75) is 139 Å². The lowest BCUT2D eigenvalue weighted by molar-refractivity contribution is -0.134. The summed E-state index contributed by atoms with van der Waals surface area (Å²) in [6, 6.07) is 0. The number of carbonyl (C=O) groups excluding carboxylic acids is 1. The van der Waals surface area contributed by atoms with Crippen LogP contribution in [0.4, 0.5) is 0 Å². The highest BCUT2D eigenvalue weighted by atomic mass is 16.4. The van der Waals surface area contributed by atoms with Gasteiger partial charge in [0.1, 0.15) is 5.78 Å². The monoisotopic (exact) mass is 601 g/mol. The van der Waals surface area contributed by atoms with Crippen molar-refractivity contribution in [1.29, 1.82) is 0 Å². The first kappa shape index (κ1) is 37.4. The summed E-state index contributed by atoms with van der Waals surface area (Å²) in [6.45, 7) is 23.2. The normalized spacial score (nSPS) is 33.0. The first-order chi connectivity index (χ1) is 19.9. The Morgan fingerprint density at radius 3 is 2.21 bits per heavy atom. The van der Waals surface area contributed by atoms with Crippen molar-refractivity contribution in [3.8, 4) is 0 Å². The van der Waals surface area contributed by atoms with Crippen LogP contribution in [-0.2, 0) is 9.59 Å². The average molecular weight is 602 g/mol. The van der Waals surface area contributed by atoms with Gasteiger partial charge in [0, 0.05) is 12.8 Å². The van der Waals surface area contributed by atoms with E-state index in [1.807, 2.05) is 13.8 Å². The summed E-state index contributed by atoms with van der Waals surface area (Å²) in [5, 5.41) is 29.8. The Morgan fingerprint density at radius 1 is 1.09 bits per heavy atom. The van der Waals surface area contributed by atoms with Gasteiger partial charge in [0.15, 0.2) is 0 Å². The van der Waals surface area contributed by atoms with E-state index in [0.717, 1.165) is 58.3 Å². The van der Waals surface area contributed by atoms with Gasteiger partial charge in [-0.3, -0.25) is 9.59 Å². The highest BCUT2D eigenvalue weighted by Crippen LogP contribution is 2.66. The van der Waals surface area contributed by atoms with Crippen molar-refractivity contribution in [2.75, 3.05) is 6.54 Å². The number of allylic oxidation sites excluding steroid dienone is 4. The Labute approximate surface area is 262 Å². The van der Waals surface area contributed by atoms with E-state index in [-0.39, 0.29) is 46.7 Å². The van der Waals surface area contributed by atoms with Gasteiger partial charge in [-0.15, -0.1) is 0 Å². The fourth-order valence-corrected chi connectivity index (χ4v) is 8.63.